The van der Waals surface area contributed by atoms with E-state index in [4.69, 9.17) is 4.98 Å². The normalized spacial score (nSPS) is 11.6. The highest BCUT2D eigenvalue weighted by Gasteiger charge is 2.23. The Morgan fingerprint density at radius 2 is 1.44 bits per heavy atom. The predicted octanol–water partition coefficient (Wildman–Crippen LogP) is 6.58. The lowest BCUT2D eigenvalue weighted by molar-refractivity contribution is 0.0827. The van der Waals surface area contributed by atoms with E-state index in [9.17, 15) is 13.2 Å². The standard InChI is InChI=1S/C33H28N4O3S/c1-36(2)33(38)24-16-14-22(15-17-24)28-21-34-32-31(30(28)23-10-6-4-7-11-23)27-20-25(18-19-29(27)35-32)37(3)41(39,40)26-12-8-5-9-13-26/h4-21H,1-3H3,(H,34,35). The summed E-state index contributed by atoms with van der Waals surface area (Å²) in [6.07, 6.45) is 1.84. The lowest BCUT2D eigenvalue weighted by atomic mass is 9.92. The van der Waals surface area contributed by atoms with E-state index in [0.717, 1.165) is 38.5 Å². The van der Waals surface area contributed by atoms with Gasteiger partial charge in [-0.3, -0.25) is 9.10 Å². The second kappa shape index (κ2) is 10.2. The predicted molar refractivity (Wildman–Crippen MR) is 165 cm³/mol. The second-order valence-electron chi connectivity index (χ2n) is 10.1. The second-order valence-corrected chi connectivity index (χ2v) is 12.0. The fraction of sp³-hybridized carbons (Fsp3) is 0.0909. The van der Waals surface area contributed by atoms with Crippen LogP contribution in [0.5, 0.6) is 0 Å². The Morgan fingerprint density at radius 3 is 2.10 bits per heavy atom. The number of fused-ring (bicyclic) bond motifs is 3. The van der Waals surface area contributed by atoms with E-state index < -0.39 is 10.0 Å². The molecule has 8 heteroatoms. The van der Waals surface area contributed by atoms with Crippen LogP contribution in [0.3, 0.4) is 0 Å². The smallest absolute Gasteiger partial charge is 0.264 e. The van der Waals surface area contributed by atoms with Crippen molar-refractivity contribution in [1.29, 1.82) is 0 Å². The van der Waals surface area contributed by atoms with Crippen LogP contribution < -0.4 is 4.31 Å². The number of H-pyrrole nitrogens is 1. The first-order valence-corrected chi connectivity index (χ1v) is 14.6. The summed E-state index contributed by atoms with van der Waals surface area (Å²) < 4.78 is 28.1. The van der Waals surface area contributed by atoms with Crippen molar-refractivity contribution in [2.75, 3.05) is 25.4 Å². The number of anilines is 1. The van der Waals surface area contributed by atoms with Crippen LogP contribution in [0.1, 0.15) is 10.4 Å². The highest BCUT2D eigenvalue weighted by atomic mass is 32.2. The van der Waals surface area contributed by atoms with Crippen molar-refractivity contribution in [2.45, 2.75) is 4.90 Å². The zero-order chi connectivity index (χ0) is 28.7. The maximum absolute atomic E-state index is 13.4. The molecule has 0 bridgehead atoms. The van der Waals surface area contributed by atoms with Gasteiger partial charge in [0.2, 0.25) is 0 Å². The zero-order valence-corrected chi connectivity index (χ0v) is 23.7. The summed E-state index contributed by atoms with van der Waals surface area (Å²) in [5.41, 5.74) is 6.49. The van der Waals surface area contributed by atoms with Gasteiger partial charge in [0, 0.05) is 60.3 Å². The maximum atomic E-state index is 13.4. The number of rotatable bonds is 6. The van der Waals surface area contributed by atoms with Crippen molar-refractivity contribution in [1.82, 2.24) is 14.9 Å². The van der Waals surface area contributed by atoms with Crippen molar-refractivity contribution < 1.29 is 13.2 Å². The van der Waals surface area contributed by atoms with Gasteiger partial charge in [-0.1, -0.05) is 60.7 Å². The van der Waals surface area contributed by atoms with E-state index in [1.165, 1.54) is 4.31 Å². The topological polar surface area (TPSA) is 86.4 Å². The fourth-order valence-electron chi connectivity index (χ4n) is 5.10. The van der Waals surface area contributed by atoms with Crippen LogP contribution in [-0.4, -0.2) is 50.3 Å². The molecule has 7 nitrogen and oxygen atoms in total. The van der Waals surface area contributed by atoms with Gasteiger partial charge in [-0.25, -0.2) is 13.4 Å². The Labute approximate surface area is 238 Å². The van der Waals surface area contributed by atoms with Crippen LogP contribution in [0, 0.1) is 0 Å². The maximum Gasteiger partial charge on any atom is 0.264 e. The van der Waals surface area contributed by atoms with E-state index in [1.807, 2.05) is 60.8 Å². The number of aromatic amines is 1. The Balaban J connectivity index is 1.56. The van der Waals surface area contributed by atoms with Gasteiger partial charge in [-0.15, -0.1) is 0 Å². The summed E-state index contributed by atoms with van der Waals surface area (Å²) in [6.45, 7) is 0. The fourth-order valence-corrected chi connectivity index (χ4v) is 6.31. The lowest BCUT2D eigenvalue weighted by Gasteiger charge is -2.20. The molecule has 204 valence electrons. The first-order valence-electron chi connectivity index (χ1n) is 13.1. The van der Waals surface area contributed by atoms with Gasteiger partial charge in [0.05, 0.1) is 10.6 Å². The van der Waals surface area contributed by atoms with Gasteiger partial charge in [0.15, 0.2) is 0 Å². The number of pyridine rings is 1. The Bertz CT molecular complexity index is 2000. The first-order chi connectivity index (χ1) is 19.8. The van der Waals surface area contributed by atoms with Gasteiger partial charge >= 0.3 is 0 Å². The van der Waals surface area contributed by atoms with Crippen LogP contribution in [0.4, 0.5) is 5.69 Å². The third kappa shape index (κ3) is 4.62. The van der Waals surface area contributed by atoms with Gasteiger partial charge in [-0.05, 0) is 53.6 Å². The molecule has 0 saturated carbocycles. The molecule has 0 unspecified atom stereocenters. The van der Waals surface area contributed by atoms with Gasteiger partial charge < -0.3 is 9.88 Å². The Kier molecular flexibility index (Phi) is 6.55. The molecule has 0 aliphatic rings. The molecule has 0 aliphatic heterocycles. The number of benzene rings is 4. The van der Waals surface area contributed by atoms with Crippen molar-refractivity contribution in [2.24, 2.45) is 0 Å². The van der Waals surface area contributed by atoms with E-state index in [1.54, 1.807) is 62.4 Å². The van der Waals surface area contributed by atoms with Crippen LogP contribution in [-0.2, 0) is 10.0 Å². The summed E-state index contributed by atoms with van der Waals surface area (Å²) in [6, 6.07) is 31.6. The molecule has 0 atom stereocenters. The van der Waals surface area contributed by atoms with Gasteiger partial charge in [-0.2, -0.15) is 0 Å². The average Bonchev–Trinajstić information content (AvgIpc) is 3.38. The van der Waals surface area contributed by atoms with Gasteiger partial charge in [0.25, 0.3) is 15.9 Å². The van der Waals surface area contributed by atoms with E-state index in [-0.39, 0.29) is 10.8 Å². The molecule has 41 heavy (non-hydrogen) atoms. The molecular formula is C33H28N4O3S. The van der Waals surface area contributed by atoms with Crippen LogP contribution in [0.25, 0.3) is 44.2 Å². The van der Waals surface area contributed by atoms with Crippen molar-refractivity contribution in [3.63, 3.8) is 0 Å². The number of hydrogen-bond donors (Lipinski definition) is 1. The third-order valence-corrected chi connectivity index (χ3v) is 9.08. The minimum atomic E-state index is -3.75. The average molecular weight is 561 g/mol. The SMILES string of the molecule is CN(C)C(=O)c1ccc(-c2cnc3[nH]c4ccc(N(C)S(=O)(=O)c5ccccc5)cc4c3c2-c2ccccc2)cc1. The van der Waals surface area contributed by atoms with Crippen LogP contribution in [0.2, 0.25) is 0 Å². The van der Waals surface area contributed by atoms with Crippen molar-refractivity contribution >= 4 is 43.6 Å². The summed E-state index contributed by atoms with van der Waals surface area (Å²) in [7, 11) is 1.28. The Hall–Kier alpha value is -4.95. The minimum Gasteiger partial charge on any atom is -0.345 e. The zero-order valence-electron chi connectivity index (χ0n) is 22.9. The Morgan fingerprint density at radius 1 is 0.780 bits per heavy atom. The van der Waals surface area contributed by atoms with Crippen molar-refractivity contribution in [3.8, 4) is 22.3 Å². The molecule has 2 heterocycles. The molecular weight excluding hydrogens is 532 g/mol. The molecule has 6 rings (SSSR count). The molecule has 0 fully saturated rings. The number of carbonyl (C=O) groups is 1. The molecule has 1 amide bonds. The van der Waals surface area contributed by atoms with E-state index in [2.05, 4.69) is 17.1 Å². The number of hydrogen-bond acceptors (Lipinski definition) is 4. The molecule has 0 spiro atoms. The number of carbonyl (C=O) groups excluding carboxylic acids is 1. The molecule has 0 aliphatic carbocycles. The highest BCUT2D eigenvalue weighted by molar-refractivity contribution is 7.92. The van der Waals surface area contributed by atoms with Crippen LogP contribution in [0.15, 0.2) is 114 Å². The number of nitrogens with one attached hydrogen (secondary N) is 1. The molecule has 0 radical (unpaired) electrons. The quantitative estimate of drug-likeness (QED) is 0.249. The van der Waals surface area contributed by atoms with Gasteiger partial charge in [0.1, 0.15) is 5.65 Å². The number of amides is 1. The molecule has 6 aromatic rings. The number of sulfonamides is 1. The number of nitrogens with zero attached hydrogens (tertiary/aromatic N) is 3. The third-order valence-electron chi connectivity index (χ3n) is 7.28. The molecule has 1 N–H and O–H groups in total. The molecule has 0 saturated heterocycles. The molecule has 4 aromatic carbocycles. The number of aromatic nitrogens is 2. The lowest BCUT2D eigenvalue weighted by Crippen LogP contribution is -2.26. The summed E-state index contributed by atoms with van der Waals surface area (Å²) in [5, 5.41) is 1.75. The highest BCUT2D eigenvalue weighted by Crippen LogP contribution is 2.41. The largest absolute Gasteiger partial charge is 0.345 e. The summed E-state index contributed by atoms with van der Waals surface area (Å²) in [5.74, 6) is -0.0628. The van der Waals surface area contributed by atoms with E-state index >= 15 is 0 Å². The van der Waals surface area contributed by atoms with Crippen molar-refractivity contribution in [3.05, 3.63) is 115 Å². The first kappa shape index (κ1) is 26.3. The van der Waals surface area contributed by atoms with E-state index in [0.29, 0.717) is 16.9 Å². The molecule has 2 aromatic heterocycles. The minimum absolute atomic E-state index is 0.0628. The summed E-state index contributed by atoms with van der Waals surface area (Å²) in [4.78, 5) is 22.4. The monoisotopic (exact) mass is 560 g/mol. The van der Waals surface area contributed by atoms with Crippen LogP contribution >= 0.6 is 0 Å². The summed E-state index contributed by atoms with van der Waals surface area (Å²) >= 11 is 0.